The second-order valence-electron chi connectivity index (χ2n) is 7.93. The van der Waals surface area contributed by atoms with Gasteiger partial charge in [-0.2, -0.15) is 0 Å². The summed E-state index contributed by atoms with van der Waals surface area (Å²) in [6.07, 6.45) is -4.00. The maximum Gasteiger partial charge on any atom is 0.336 e. The van der Waals surface area contributed by atoms with Crippen molar-refractivity contribution < 1.29 is 54.0 Å². The molecule has 0 amide bonds. The summed E-state index contributed by atoms with van der Waals surface area (Å²) in [6.45, 7) is -0.616. The number of hydrogen-bond donors (Lipinski definition) is 5. The highest BCUT2D eigenvalue weighted by atomic mass is 16.7. The van der Waals surface area contributed by atoms with Crippen LogP contribution in [-0.2, 0) is 16.0 Å². The molecule has 1 aliphatic rings. The van der Waals surface area contributed by atoms with Crippen LogP contribution in [0.15, 0.2) is 42.5 Å². The van der Waals surface area contributed by atoms with Gasteiger partial charge in [0.25, 0.3) is 0 Å². The first kappa shape index (κ1) is 27.4. The Kier molecular flexibility index (Phi) is 9.65. The molecule has 5 atom stereocenters. The SMILES string of the molecule is COc1cc(OC(=O)/C=C/c2ccc(O[C@@H]3O[C@H](CO)[C@H](O)[C@H](O)[C@H]3O)c(OC)c2)ccc1CCO. The summed E-state index contributed by atoms with van der Waals surface area (Å²) >= 11 is 0. The standard InChI is InChI=1S/C25H30O11/c1-32-18-12-16(6-5-15(18)9-10-26)34-21(28)8-4-14-3-7-17(19(11-14)33-2)35-25-24(31)23(30)22(29)20(13-27)36-25/h3-8,11-12,20,22-27,29-31H,9-10,13H2,1-2H3/b8-4+/t20-,22+,23+,24-,25-/m1/s1. The molecule has 2 aromatic carbocycles. The van der Waals surface area contributed by atoms with Crippen molar-refractivity contribution in [2.45, 2.75) is 37.1 Å². The van der Waals surface area contributed by atoms with Gasteiger partial charge in [-0.3, -0.25) is 0 Å². The molecular formula is C25H30O11. The van der Waals surface area contributed by atoms with Crippen molar-refractivity contribution in [3.8, 4) is 23.0 Å². The predicted octanol–water partition coefficient (Wildman–Crippen LogP) is 0.0361. The van der Waals surface area contributed by atoms with E-state index in [1.165, 1.54) is 32.4 Å². The Morgan fingerprint density at radius 1 is 0.944 bits per heavy atom. The van der Waals surface area contributed by atoms with Crippen LogP contribution in [0, 0.1) is 0 Å². The Labute approximate surface area is 207 Å². The minimum Gasteiger partial charge on any atom is -0.496 e. The van der Waals surface area contributed by atoms with Gasteiger partial charge in [-0.1, -0.05) is 12.1 Å². The van der Waals surface area contributed by atoms with Crippen LogP contribution in [0.25, 0.3) is 6.08 Å². The van der Waals surface area contributed by atoms with Crippen molar-refractivity contribution in [2.75, 3.05) is 27.4 Å². The molecule has 36 heavy (non-hydrogen) atoms. The minimum absolute atomic E-state index is 0.0337. The second kappa shape index (κ2) is 12.7. The molecule has 1 aliphatic heterocycles. The molecule has 11 heteroatoms. The van der Waals surface area contributed by atoms with Gasteiger partial charge in [-0.05, 0) is 41.8 Å². The van der Waals surface area contributed by atoms with E-state index in [9.17, 15) is 25.2 Å². The van der Waals surface area contributed by atoms with Crippen LogP contribution in [-0.4, -0.2) is 89.6 Å². The summed E-state index contributed by atoms with van der Waals surface area (Å²) in [5.41, 5.74) is 1.36. The minimum atomic E-state index is -1.58. The monoisotopic (exact) mass is 506 g/mol. The number of aliphatic hydroxyl groups is 5. The third-order valence-corrected chi connectivity index (χ3v) is 5.55. The van der Waals surface area contributed by atoms with Gasteiger partial charge in [-0.25, -0.2) is 4.79 Å². The highest BCUT2D eigenvalue weighted by Crippen LogP contribution is 2.32. The number of aliphatic hydroxyl groups excluding tert-OH is 5. The molecule has 1 saturated heterocycles. The highest BCUT2D eigenvalue weighted by Gasteiger charge is 2.44. The zero-order chi connectivity index (χ0) is 26.2. The third kappa shape index (κ3) is 6.52. The van der Waals surface area contributed by atoms with Gasteiger partial charge in [-0.15, -0.1) is 0 Å². The molecule has 0 spiro atoms. The summed E-state index contributed by atoms with van der Waals surface area (Å²) < 4.78 is 26.9. The summed E-state index contributed by atoms with van der Waals surface area (Å²) in [5, 5.41) is 48.5. The van der Waals surface area contributed by atoms with Gasteiger partial charge in [0.15, 0.2) is 11.5 Å². The topological polar surface area (TPSA) is 164 Å². The Balaban J connectivity index is 1.67. The first-order valence-corrected chi connectivity index (χ1v) is 11.1. The molecule has 0 unspecified atom stereocenters. The van der Waals surface area contributed by atoms with Crippen LogP contribution in [0.3, 0.4) is 0 Å². The quantitative estimate of drug-likeness (QED) is 0.168. The van der Waals surface area contributed by atoms with E-state index in [1.807, 2.05) is 0 Å². The van der Waals surface area contributed by atoms with Gasteiger partial charge >= 0.3 is 5.97 Å². The van der Waals surface area contributed by atoms with E-state index in [0.717, 1.165) is 5.56 Å². The summed E-state index contributed by atoms with van der Waals surface area (Å²) in [7, 11) is 2.88. The van der Waals surface area contributed by atoms with Crippen LogP contribution in [0.5, 0.6) is 23.0 Å². The van der Waals surface area contributed by atoms with Gasteiger partial charge in [0.05, 0.1) is 20.8 Å². The zero-order valence-corrected chi connectivity index (χ0v) is 19.8. The molecule has 0 aliphatic carbocycles. The fraction of sp³-hybridized carbons (Fsp3) is 0.400. The number of methoxy groups -OCH3 is 2. The molecule has 2 aromatic rings. The predicted molar refractivity (Wildman–Crippen MR) is 126 cm³/mol. The largest absolute Gasteiger partial charge is 0.496 e. The molecule has 1 heterocycles. The second-order valence-corrected chi connectivity index (χ2v) is 7.93. The van der Waals surface area contributed by atoms with Crippen LogP contribution in [0.1, 0.15) is 11.1 Å². The number of benzene rings is 2. The Hall–Kier alpha value is -3.19. The van der Waals surface area contributed by atoms with Gasteiger partial charge in [0.2, 0.25) is 6.29 Å². The number of rotatable bonds is 10. The first-order valence-electron chi connectivity index (χ1n) is 11.1. The lowest BCUT2D eigenvalue weighted by Gasteiger charge is -2.39. The molecule has 11 nitrogen and oxygen atoms in total. The van der Waals surface area contributed by atoms with Crippen molar-refractivity contribution in [1.82, 2.24) is 0 Å². The highest BCUT2D eigenvalue weighted by molar-refractivity contribution is 5.88. The summed E-state index contributed by atoms with van der Waals surface area (Å²) in [4.78, 5) is 12.3. The van der Waals surface area contributed by atoms with E-state index >= 15 is 0 Å². The van der Waals surface area contributed by atoms with Gasteiger partial charge < -0.3 is 49.2 Å². The molecule has 0 aromatic heterocycles. The lowest BCUT2D eigenvalue weighted by molar-refractivity contribution is -0.277. The zero-order valence-electron chi connectivity index (χ0n) is 19.8. The molecule has 3 rings (SSSR count). The number of esters is 1. The fourth-order valence-corrected chi connectivity index (χ4v) is 3.60. The normalized spacial score (nSPS) is 23.9. The average Bonchev–Trinajstić information content (AvgIpc) is 2.89. The van der Waals surface area contributed by atoms with Crippen molar-refractivity contribution in [3.63, 3.8) is 0 Å². The lowest BCUT2D eigenvalue weighted by Crippen LogP contribution is -2.60. The van der Waals surface area contributed by atoms with E-state index in [0.29, 0.717) is 17.7 Å². The molecule has 1 fully saturated rings. The number of hydrogen-bond acceptors (Lipinski definition) is 11. The molecule has 0 radical (unpaired) electrons. The Bertz CT molecular complexity index is 1050. The number of carbonyl (C=O) groups excluding carboxylic acids is 1. The molecule has 0 saturated carbocycles. The van der Waals surface area contributed by atoms with Crippen LogP contribution in [0.2, 0.25) is 0 Å². The summed E-state index contributed by atoms with van der Waals surface area (Å²) in [6, 6.07) is 9.56. The van der Waals surface area contributed by atoms with E-state index in [1.54, 1.807) is 30.3 Å². The van der Waals surface area contributed by atoms with Gasteiger partial charge in [0, 0.05) is 18.7 Å². The van der Waals surface area contributed by atoms with E-state index < -0.39 is 43.3 Å². The molecule has 0 bridgehead atoms. The maximum atomic E-state index is 12.3. The smallest absolute Gasteiger partial charge is 0.336 e. The number of ether oxygens (including phenoxy) is 5. The van der Waals surface area contributed by atoms with Gasteiger partial charge in [0.1, 0.15) is 35.9 Å². The lowest BCUT2D eigenvalue weighted by atomic mass is 9.99. The summed E-state index contributed by atoms with van der Waals surface area (Å²) in [5.74, 6) is 0.554. The van der Waals surface area contributed by atoms with Crippen molar-refractivity contribution >= 4 is 12.0 Å². The third-order valence-electron chi connectivity index (χ3n) is 5.55. The fourth-order valence-electron chi connectivity index (χ4n) is 3.60. The van der Waals surface area contributed by atoms with Crippen LogP contribution >= 0.6 is 0 Å². The van der Waals surface area contributed by atoms with E-state index in [4.69, 9.17) is 28.8 Å². The van der Waals surface area contributed by atoms with Crippen molar-refractivity contribution in [2.24, 2.45) is 0 Å². The van der Waals surface area contributed by atoms with Crippen molar-refractivity contribution in [1.29, 1.82) is 0 Å². The average molecular weight is 507 g/mol. The Morgan fingerprint density at radius 2 is 1.69 bits per heavy atom. The molecule has 5 N–H and O–H groups in total. The maximum absolute atomic E-state index is 12.3. The van der Waals surface area contributed by atoms with E-state index in [2.05, 4.69) is 0 Å². The number of carbonyl (C=O) groups is 1. The molecular weight excluding hydrogens is 476 g/mol. The van der Waals surface area contributed by atoms with Crippen molar-refractivity contribution in [3.05, 3.63) is 53.6 Å². The first-order chi connectivity index (χ1) is 17.3. The van der Waals surface area contributed by atoms with E-state index in [-0.39, 0.29) is 23.9 Å². The molecule has 196 valence electrons. The van der Waals surface area contributed by atoms with Crippen LogP contribution < -0.4 is 18.9 Å². The Morgan fingerprint density at radius 3 is 2.36 bits per heavy atom. The van der Waals surface area contributed by atoms with Crippen LogP contribution in [0.4, 0.5) is 0 Å².